The maximum absolute atomic E-state index is 11.0. The lowest BCUT2D eigenvalue weighted by atomic mass is 9.98. The first-order chi connectivity index (χ1) is 10.7. The molecule has 0 amide bonds. The first-order valence-corrected chi connectivity index (χ1v) is 7.75. The smallest absolute Gasteiger partial charge is 0.110 e. The minimum atomic E-state index is 0.0677. The average Bonchev–Trinajstić information content (AvgIpc) is 2.94. The molecule has 4 nitrogen and oxygen atoms in total. The fraction of sp³-hybridized carbons (Fsp3) is 0.389. The predicted octanol–water partition coefficient (Wildman–Crippen LogP) is 5.33. The number of rotatable bonds is 4. The van der Waals surface area contributed by atoms with Crippen LogP contribution >= 0.6 is 0 Å². The molecule has 0 saturated carbocycles. The maximum atomic E-state index is 11.0. The molecule has 2 rings (SSSR count). The van der Waals surface area contributed by atoms with Crippen molar-refractivity contribution in [2.24, 2.45) is 11.1 Å². The third-order valence-electron chi connectivity index (χ3n) is 3.51. The predicted molar refractivity (Wildman–Crippen MR) is 91.0 cm³/mol. The van der Waals surface area contributed by atoms with Gasteiger partial charge in [-0.3, -0.25) is 0 Å². The molecule has 1 aromatic rings. The Morgan fingerprint density at radius 2 is 1.95 bits per heavy atom. The van der Waals surface area contributed by atoms with Crippen LogP contribution in [0.1, 0.15) is 46.1 Å². The summed E-state index contributed by atoms with van der Waals surface area (Å²) in [6.07, 6.45) is 5.72. The molecular formula is C18H23N3O. The number of nitrogens with zero attached hydrogens (tertiary/aromatic N) is 3. The summed E-state index contributed by atoms with van der Waals surface area (Å²) in [7, 11) is 0. The lowest BCUT2D eigenvalue weighted by molar-refractivity contribution is 0.632. The summed E-state index contributed by atoms with van der Waals surface area (Å²) in [5.41, 5.74) is 3.21. The lowest BCUT2D eigenvalue weighted by Crippen LogP contribution is -2.15. The van der Waals surface area contributed by atoms with Crippen LogP contribution in [0.25, 0.3) is 0 Å². The van der Waals surface area contributed by atoms with Gasteiger partial charge in [0.15, 0.2) is 0 Å². The van der Waals surface area contributed by atoms with Gasteiger partial charge in [-0.1, -0.05) is 33.3 Å². The Morgan fingerprint density at radius 3 is 2.41 bits per heavy atom. The SMILES string of the molecule is C/C=C1\C(CCC)C(N=O)=CN1c1ccc(C#N)cc1.CC. The Morgan fingerprint density at radius 1 is 1.32 bits per heavy atom. The number of hydrogen-bond donors (Lipinski definition) is 0. The number of anilines is 1. The van der Waals surface area contributed by atoms with Crippen LogP contribution in [-0.2, 0) is 0 Å². The highest BCUT2D eigenvalue weighted by molar-refractivity contribution is 5.61. The lowest BCUT2D eigenvalue weighted by Gasteiger charge is -2.21. The van der Waals surface area contributed by atoms with Gasteiger partial charge in [0.05, 0.1) is 11.6 Å². The van der Waals surface area contributed by atoms with E-state index in [0.29, 0.717) is 11.3 Å². The first-order valence-electron chi connectivity index (χ1n) is 7.75. The fourth-order valence-electron chi connectivity index (χ4n) is 2.55. The van der Waals surface area contributed by atoms with Gasteiger partial charge in [-0.2, -0.15) is 5.26 Å². The van der Waals surface area contributed by atoms with Crippen molar-refractivity contribution in [1.82, 2.24) is 0 Å². The first kappa shape index (κ1) is 17.6. The van der Waals surface area contributed by atoms with Crippen molar-refractivity contribution in [2.45, 2.75) is 40.5 Å². The van der Waals surface area contributed by atoms with Crippen LogP contribution in [-0.4, -0.2) is 0 Å². The Labute approximate surface area is 132 Å². The molecule has 1 aliphatic rings. The molecule has 0 N–H and O–H groups in total. The number of hydrogen-bond acceptors (Lipinski definition) is 4. The van der Waals surface area contributed by atoms with Crippen molar-refractivity contribution in [3.8, 4) is 6.07 Å². The molecule has 0 aliphatic carbocycles. The van der Waals surface area contributed by atoms with Crippen molar-refractivity contribution >= 4 is 5.69 Å². The van der Waals surface area contributed by atoms with Gasteiger partial charge in [0.25, 0.3) is 0 Å². The van der Waals surface area contributed by atoms with Crippen molar-refractivity contribution in [1.29, 1.82) is 5.26 Å². The van der Waals surface area contributed by atoms with Crippen LogP contribution < -0.4 is 4.90 Å². The van der Waals surface area contributed by atoms with Gasteiger partial charge in [0.1, 0.15) is 5.70 Å². The number of allylic oxidation sites excluding steroid dienone is 1. The molecule has 22 heavy (non-hydrogen) atoms. The molecule has 0 bridgehead atoms. The largest absolute Gasteiger partial charge is 0.319 e. The molecule has 0 spiro atoms. The van der Waals surface area contributed by atoms with Gasteiger partial charge in [0, 0.05) is 23.5 Å². The third kappa shape index (κ3) is 3.62. The topological polar surface area (TPSA) is 56.5 Å². The van der Waals surface area contributed by atoms with Crippen molar-refractivity contribution in [3.63, 3.8) is 0 Å². The minimum absolute atomic E-state index is 0.0677. The highest BCUT2D eigenvalue weighted by Crippen LogP contribution is 2.38. The number of nitriles is 1. The molecule has 1 unspecified atom stereocenters. The molecular weight excluding hydrogens is 274 g/mol. The van der Waals surface area contributed by atoms with Crippen molar-refractivity contribution < 1.29 is 0 Å². The standard InChI is InChI=1S/C16H17N3O.C2H6/c1-3-5-14-15(18-20)11-19(16(14)4-2)13-8-6-12(10-17)7-9-13;1-2/h4,6-9,11,14H,3,5H2,1-2H3;1-2H3/b16-4+;. The normalized spacial score (nSPS) is 18.3. The van der Waals surface area contributed by atoms with Crippen molar-refractivity contribution in [3.05, 3.63) is 58.4 Å². The van der Waals surface area contributed by atoms with E-state index in [9.17, 15) is 4.91 Å². The zero-order valence-corrected chi connectivity index (χ0v) is 13.7. The van der Waals surface area contributed by atoms with Gasteiger partial charge in [-0.25, -0.2) is 0 Å². The Hall–Kier alpha value is -2.41. The summed E-state index contributed by atoms with van der Waals surface area (Å²) in [6.45, 7) is 8.07. The average molecular weight is 297 g/mol. The van der Waals surface area contributed by atoms with Crippen LogP contribution in [0.4, 0.5) is 5.69 Å². The molecule has 116 valence electrons. The van der Waals surface area contributed by atoms with Crippen LogP contribution in [0.5, 0.6) is 0 Å². The van der Waals surface area contributed by atoms with Gasteiger partial charge in [0.2, 0.25) is 0 Å². The van der Waals surface area contributed by atoms with E-state index >= 15 is 0 Å². The van der Waals surface area contributed by atoms with E-state index in [0.717, 1.165) is 24.2 Å². The molecule has 1 aliphatic heterocycles. The van der Waals surface area contributed by atoms with Gasteiger partial charge >= 0.3 is 0 Å². The number of nitroso groups, excluding NO2 is 1. The van der Waals surface area contributed by atoms with E-state index in [-0.39, 0.29) is 5.92 Å². The summed E-state index contributed by atoms with van der Waals surface area (Å²) in [5, 5.41) is 12.0. The maximum Gasteiger partial charge on any atom is 0.110 e. The van der Waals surface area contributed by atoms with E-state index in [1.54, 1.807) is 18.3 Å². The van der Waals surface area contributed by atoms with Crippen LogP contribution in [0.15, 0.2) is 53.1 Å². The minimum Gasteiger partial charge on any atom is -0.319 e. The van der Waals surface area contributed by atoms with E-state index in [4.69, 9.17) is 5.26 Å². The second-order valence-corrected chi connectivity index (χ2v) is 4.73. The molecule has 0 aromatic heterocycles. The molecule has 0 fully saturated rings. The van der Waals surface area contributed by atoms with E-state index in [1.807, 2.05) is 43.9 Å². The van der Waals surface area contributed by atoms with Gasteiger partial charge in [-0.15, -0.1) is 4.91 Å². The van der Waals surface area contributed by atoms with E-state index in [1.165, 1.54) is 0 Å². The highest BCUT2D eigenvalue weighted by atomic mass is 16.3. The van der Waals surface area contributed by atoms with Crippen LogP contribution in [0.2, 0.25) is 0 Å². The van der Waals surface area contributed by atoms with Crippen molar-refractivity contribution in [2.75, 3.05) is 4.90 Å². The number of benzene rings is 1. The summed E-state index contributed by atoms with van der Waals surface area (Å²) in [6, 6.07) is 9.42. The highest BCUT2D eigenvalue weighted by Gasteiger charge is 2.30. The Bertz CT molecular complexity index is 594. The van der Waals surface area contributed by atoms with Gasteiger partial charge in [-0.05, 0) is 42.8 Å². The molecule has 0 radical (unpaired) electrons. The van der Waals surface area contributed by atoms with E-state index < -0.39 is 0 Å². The third-order valence-corrected chi connectivity index (χ3v) is 3.51. The molecule has 1 atom stereocenters. The summed E-state index contributed by atoms with van der Waals surface area (Å²) >= 11 is 0. The summed E-state index contributed by atoms with van der Waals surface area (Å²) in [5.74, 6) is 0.0677. The van der Waals surface area contributed by atoms with Crippen LogP contribution in [0.3, 0.4) is 0 Å². The fourth-order valence-corrected chi connectivity index (χ4v) is 2.55. The molecule has 4 heteroatoms. The molecule has 0 saturated heterocycles. The quantitative estimate of drug-likeness (QED) is 0.705. The second kappa shape index (κ2) is 8.78. The summed E-state index contributed by atoms with van der Waals surface area (Å²) < 4.78 is 0. The Kier molecular flexibility index (Phi) is 7.04. The summed E-state index contributed by atoms with van der Waals surface area (Å²) in [4.78, 5) is 13.0. The van der Waals surface area contributed by atoms with E-state index in [2.05, 4.69) is 18.2 Å². The zero-order valence-electron chi connectivity index (χ0n) is 13.7. The zero-order chi connectivity index (χ0) is 16.5. The molecule has 1 aromatic carbocycles. The van der Waals surface area contributed by atoms with Gasteiger partial charge < -0.3 is 4.90 Å². The molecule has 1 heterocycles. The Balaban J connectivity index is 0.00000116. The monoisotopic (exact) mass is 297 g/mol. The van der Waals surface area contributed by atoms with Crippen LogP contribution in [0, 0.1) is 22.2 Å². The second-order valence-electron chi connectivity index (χ2n) is 4.73.